The lowest BCUT2D eigenvalue weighted by Gasteiger charge is -2.40. The predicted octanol–water partition coefficient (Wildman–Crippen LogP) is 6.65. The van der Waals surface area contributed by atoms with E-state index >= 15 is 0 Å². The minimum Gasteiger partial charge on any atom is -0.398 e. The van der Waals surface area contributed by atoms with Gasteiger partial charge in [0, 0.05) is 52.5 Å². The summed E-state index contributed by atoms with van der Waals surface area (Å²) >= 11 is 0. The molecule has 0 aliphatic carbocycles. The van der Waals surface area contributed by atoms with Gasteiger partial charge in [-0.3, -0.25) is 0 Å². The molecule has 0 unspecified atom stereocenters. The number of anilines is 3. The number of nitrogens with two attached hydrogens (primary N) is 1. The normalized spacial score (nSPS) is 14.6. The summed E-state index contributed by atoms with van der Waals surface area (Å²) < 4.78 is 2.10. The van der Waals surface area contributed by atoms with E-state index in [0.29, 0.717) is 5.69 Å². The fraction of sp³-hybridized carbons (Fsp3) is 0.179. The highest BCUT2D eigenvalue weighted by Gasteiger charge is 2.27. The minimum atomic E-state index is 0.715. The van der Waals surface area contributed by atoms with Gasteiger partial charge in [0.05, 0.1) is 11.0 Å². The van der Waals surface area contributed by atoms with Crippen LogP contribution in [-0.4, -0.2) is 9.55 Å². The first kappa shape index (κ1) is 20.9. The molecule has 0 spiro atoms. The molecule has 4 aromatic rings. The zero-order valence-corrected chi connectivity index (χ0v) is 19.8. The number of nitrogens with zero attached hydrogens (tertiary/aromatic N) is 4. The smallest absolute Gasteiger partial charge is 0.142 e. The molecule has 5 rings (SSSR count). The molecule has 0 fully saturated rings. The number of fused-ring (bicyclic) bond motifs is 1. The number of allylic oxidation sites excluding steroid dienone is 4. The van der Waals surface area contributed by atoms with Crippen molar-refractivity contribution in [3.8, 4) is 11.4 Å². The monoisotopic (exact) mass is 435 g/mol. The van der Waals surface area contributed by atoms with Gasteiger partial charge in [-0.05, 0) is 70.2 Å². The topological polar surface area (TPSA) is 50.3 Å². The summed E-state index contributed by atoms with van der Waals surface area (Å²) in [5.41, 5.74) is 17.3. The molecule has 166 valence electrons. The van der Waals surface area contributed by atoms with E-state index < -0.39 is 0 Å². The van der Waals surface area contributed by atoms with Crippen molar-refractivity contribution < 1.29 is 0 Å². The van der Waals surface area contributed by atoms with Crippen molar-refractivity contribution in [1.82, 2.24) is 9.55 Å². The van der Waals surface area contributed by atoms with Gasteiger partial charge in [-0.2, -0.15) is 0 Å². The summed E-state index contributed by atoms with van der Waals surface area (Å²) in [5.74, 6) is 0.876. The number of imidazole rings is 1. The maximum absolute atomic E-state index is 6.61. The highest BCUT2D eigenvalue weighted by molar-refractivity contribution is 5.85. The van der Waals surface area contributed by atoms with Crippen molar-refractivity contribution >= 4 is 28.1 Å². The minimum absolute atomic E-state index is 0.715. The van der Waals surface area contributed by atoms with E-state index in [9.17, 15) is 0 Å². The lowest BCUT2D eigenvalue weighted by Crippen LogP contribution is -2.34. The third-order valence-corrected chi connectivity index (χ3v) is 6.72. The highest BCUT2D eigenvalue weighted by Crippen LogP contribution is 2.39. The molecule has 2 N–H and O–H groups in total. The summed E-state index contributed by atoms with van der Waals surface area (Å²) in [6.45, 7) is 8.67. The second kappa shape index (κ2) is 7.85. The van der Waals surface area contributed by atoms with Gasteiger partial charge in [0.25, 0.3) is 0 Å². The molecule has 1 aliphatic heterocycles. The number of benzene rings is 3. The molecule has 5 nitrogen and oxygen atoms in total. The summed E-state index contributed by atoms with van der Waals surface area (Å²) in [7, 11) is 2.04. The molecule has 0 saturated heterocycles. The fourth-order valence-electron chi connectivity index (χ4n) is 4.78. The number of aromatic nitrogens is 2. The standard InChI is InChI=1S/C28H29N5/c1-18-20(3)33(21(4)19(2)32(18)22-11-7-6-8-12-22)23-15-16-24(25(29)17-23)28-30-26-13-9-10-14-27(26)31(28)5/h6-17H,29H2,1-5H3. The third-order valence-electron chi connectivity index (χ3n) is 6.72. The van der Waals surface area contributed by atoms with Crippen LogP contribution in [0, 0.1) is 0 Å². The Balaban J connectivity index is 1.57. The number of nitrogen functional groups attached to an aromatic ring is 1. The molecular weight excluding hydrogens is 406 g/mol. The van der Waals surface area contributed by atoms with E-state index in [0.717, 1.165) is 28.1 Å². The largest absolute Gasteiger partial charge is 0.398 e. The summed E-state index contributed by atoms with van der Waals surface area (Å²) in [4.78, 5) is 9.44. The molecule has 33 heavy (non-hydrogen) atoms. The Morgan fingerprint density at radius 3 is 1.85 bits per heavy atom. The van der Waals surface area contributed by atoms with Gasteiger partial charge in [-0.1, -0.05) is 30.3 Å². The van der Waals surface area contributed by atoms with Gasteiger partial charge < -0.3 is 20.1 Å². The van der Waals surface area contributed by atoms with E-state index in [-0.39, 0.29) is 0 Å². The zero-order chi connectivity index (χ0) is 23.3. The molecule has 0 atom stereocenters. The van der Waals surface area contributed by atoms with Crippen molar-refractivity contribution in [2.24, 2.45) is 7.05 Å². The van der Waals surface area contributed by atoms with Gasteiger partial charge >= 0.3 is 0 Å². The number of aryl methyl sites for hydroxylation is 1. The van der Waals surface area contributed by atoms with Crippen LogP contribution in [0.3, 0.4) is 0 Å². The molecule has 3 aromatic carbocycles. The molecule has 0 bridgehead atoms. The number of hydrogen-bond donors (Lipinski definition) is 1. The second-order valence-corrected chi connectivity index (χ2v) is 8.60. The lowest BCUT2D eigenvalue weighted by molar-refractivity contribution is 0.889. The molecule has 1 aliphatic rings. The summed E-state index contributed by atoms with van der Waals surface area (Å²) in [5, 5.41) is 0. The van der Waals surface area contributed by atoms with Crippen molar-refractivity contribution in [2.75, 3.05) is 15.5 Å². The predicted molar refractivity (Wildman–Crippen MR) is 139 cm³/mol. The Hall–Kier alpha value is -3.99. The van der Waals surface area contributed by atoms with Crippen LogP contribution in [0.5, 0.6) is 0 Å². The second-order valence-electron chi connectivity index (χ2n) is 8.60. The molecule has 2 heterocycles. The summed E-state index contributed by atoms with van der Waals surface area (Å²) in [6, 6.07) is 24.9. The molecule has 5 heteroatoms. The van der Waals surface area contributed by atoms with Gasteiger partial charge in [0.2, 0.25) is 0 Å². The van der Waals surface area contributed by atoms with E-state index in [1.165, 1.54) is 28.5 Å². The Morgan fingerprint density at radius 2 is 1.24 bits per heavy atom. The quantitative estimate of drug-likeness (QED) is 0.366. The zero-order valence-electron chi connectivity index (χ0n) is 19.8. The van der Waals surface area contributed by atoms with Crippen LogP contribution >= 0.6 is 0 Å². The van der Waals surface area contributed by atoms with Crippen LogP contribution in [0.1, 0.15) is 27.7 Å². The average molecular weight is 436 g/mol. The van der Waals surface area contributed by atoms with Crippen molar-refractivity contribution in [3.05, 3.63) is 95.6 Å². The molecule has 1 aromatic heterocycles. The van der Waals surface area contributed by atoms with Crippen LogP contribution in [0.2, 0.25) is 0 Å². The third kappa shape index (κ3) is 3.28. The Morgan fingerprint density at radius 1 is 0.667 bits per heavy atom. The molecule has 0 radical (unpaired) electrons. The molecular formula is C28H29N5. The number of rotatable bonds is 3. The van der Waals surface area contributed by atoms with E-state index in [2.05, 4.69) is 90.6 Å². The number of hydrogen-bond acceptors (Lipinski definition) is 4. The first-order valence-electron chi connectivity index (χ1n) is 11.2. The highest BCUT2D eigenvalue weighted by atomic mass is 15.3. The average Bonchev–Trinajstić information content (AvgIpc) is 3.15. The van der Waals surface area contributed by atoms with Gasteiger partial charge in [-0.15, -0.1) is 0 Å². The fourth-order valence-corrected chi connectivity index (χ4v) is 4.78. The SMILES string of the molecule is CC1=C(C)N(c2ccc(-c3nc4ccccc4n3C)c(N)c2)C(C)=C(C)N1c1ccccc1. The maximum Gasteiger partial charge on any atom is 0.142 e. The first-order chi connectivity index (χ1) is 15.9. The van der Waals surface area contributed by atoms with Gasteiger partial charge in [-0.25, -0.2) is 4.98 Å². The van der Waals surface area contributed by atoms with Crippen LogP contribution in [0.4, 0.5) is 17.1 Å². The van der Waals surface area contributed by atoms with Crippen LogP contribution in [0.15, 0.2) is 95.6 Å². The first-order valence-corrected chi connectivity index (χ1v) is 11.2. The van der Waals surface area contributed by atoms with E-state index in [1.54, 1.807) is 0 Å². The maximum atomic E-state index is 6.61. The molecule has 0 amide bonds. The van der Waals surface area contributed by atoms with Crippen LogP contribution in [-0.2, 0) is 7.05 Å². The van der Waals surface area contributed by atoms with Crippen LogP contribution < -0.4 is 15.5 Å². The van der Waals surface area contributed by atoms with Crippen molar-refractivity contribution in [3.63, 3.8) is 0 Å². The number of para-hydroxylation sites is 3. The lowest BCUT2D eigenvalue weighted by atomic mass is 10.1. The van der Waals surface area contributed by atoms with E-state index in [1.807, 2.05) is 31.3 Å². The Bertz CT molecular complexity index is 1400. The molecule has 0 saturated carbocycles. The Labute approximate surface area is 195 Å². The summed E-state index contributed by atoms with van der Waals surface area (Å²) in [6.07, 6.45) is 0. The Kier molecular flexibility index (Phi) is 4.97. The van der Waals surface area contributed by atoms with Gasteiger partial charge in [0.1, 0.15) is 5.82 Å². The van der Waals surface area contributed by atoms with E-state index in [4.69, 9.17) is 10.7 Å². The van der Waals surface area contributed by atoms with Gasteiger partial charge in [0.15, 0.2) is 0 Å². The van der Waals surface area contributed by atoms with Crippen molar-refractivity contribution in [2.45, 2.75) is 27.7 Å². The van der Waals surface area contributed by atoms with Crippen molar-refractivity contribution in [1.29, 1.82) is 0 Å². The van der Waals surface area contributed by atoms with Crippen LogP contribution in [0.25, 0.3) is 22.4 Å².